The van der Waals surface area contributed by atoms with Gasteiger partial charge in [0.2, 0.25) is 0 Å². The van der Waals surface area contributed by atoms with Crippen molar-refractivity contribution in [3.05, 3.63) is 28.8 Å². The molecule has 27 heavy (non-hydrogen) atoms. The van der Waals surface area contributed by atoms with Gasteiger partial charge in [0.1, 0.15) is 30.7 Å². The first-order valence-electron chi connectivity index (χ1n) is 8.17. The van der Waals surface area contributed by atoms with Crippen LogP contribution in [-0.4, -0.2) is 74.0 Å². The number of anilines is 1. The molecule has 1 aromatic rings. The van der Waals surface area contributed by atoms with Crippen LogP contribution in [0, 0.1) is 0 Å². The van der Waals surface area contributed by atoms with E-state index in [9.17, 15) is 19.8 Å². The van der Waals surface area contributed by atoms with Gasteiger partial charge >= 0.3 is 11.8 Å². The molecule has 0 spiro atoms. The molecule has 1 fully saturated rings. The molecule has 0 aliphatic carbocycles. The van der Waals surface area contributed by atoms with Crippen LogP contribution in [0.25, 0.3) is 6.08 Å². The third kappa shape index (κ3) is 4.87. The van der Waals surface area contributed by atoms with Gasteiger partial charge in [0.25, 0.3) is 0 Å². The summed E-state index contributed by atoms with van der Waals surface area (Å²) in [6, 6.07) is 0. The molecule has 0 bridgehead atoms. The van der Waals surface area contributed by atoms with Gasteiger partial charge in [0.05, 0.1) is 6.61 Å². The SMILES string of the molecule is C=Cc1cn(C2O[C@H](CO)[C@@H](O)[C@H]2O)c(=O)nc1NC(=O)OCC(C)SC. The highest BCUT2D eigenvalue weighted by Crippen LogP contribution is 2.28. The van der Waals surface area contributed by atoms with Crippen molar-refractivity contribution >= 4 is 29.7 Å². The van der Waals surface area contributed by atoms with E-state index in [0.29, 0.717) is 0 Å². The topological polar surface area (TPSA) is 143 Å². The number of hydrogen-bond acceptors (Lipinski definition) is 9. The van der Waals surface area contributed by atoms with E-state index in [1.54, 1.807) is 0 Å². The van der Waals surface area contributed by atoms with Crippen LogP contribution in [0.3, 0.4) is 0 Å². The minimum atomic E-state index is -1.43. The standard InChI is InChI=1S/C16H23N3O7S/c1-4-9-5-19(14-12(22)11(21)10(6-20)26-14)15(23)17-13(9)18-16(24)25-7-8(2)27-3/h4-5,8,10-12,14,20-22H,1,6-7H2,2-3H3,(H,17,18,23,24)/t8?,10-,11-,12-,14?/m1/s1. The highest BCUT2D eigenvalue weighted by molar-refractivity contribution is 7.99. The Labute approximate surface area is 159 Å². The second-order valence-electron chi connectivity index (χ2n) is 5.94. The Morgan fingerprint density at radius 2 is 2.26 bits per heavy atom. The lowest BCUT2D eigenvalue weighted by Gasteiger charge is -2.19. The van der Waals surface area contributed by atoms with Gasteiger partial charge in [0, 0.05) is 17.0 Å². The zero-order valence-electron chi connectivity index (χ0n) is 14.9. The van der Waals surface area contributed by atoms with Crippen molar-refractivity contribution in [3.63, 3.8) is 0 Å². The number of carbonyl (C=O) groups is 1. The molecule has 2 heterocycles. The molecule has 10 nitrogen and oxygen atoms in total. The zero-order chi connectivity index (χ0) is 20.1. The molecule has 2 unspecified atom stereocenters. The van der Waals surface area contributed by atoms with Gasteiger partial charge in [-0.2, -0.15) is 16.7 Å². The van der Waals surface area contributed by atoms with Crippen molar-refractivity contribution in [2.45, 2.75) is 36.7 Å². The molecule has 1 aliphatic rings. The van der Waals surface area contributed by atoms with Crippen molar-refractivity contribution in [1.29, 1.82) is 0 Å². The zero-order valence-corrected chi connectivity index (χ0v) is 15.8. The number of rotatable bonds is 7. The first kappa shape index (κ1) is 21.4. The van der Waals surface area contributed by atoms with Crippen LogP contribution in [0.1, 0.15) is 18.7 Å². The van der Waals surface area contributed by atoms with Gasteiger partial charge < -0.3 is 24.8 Å². The Balaban J connectivity index is 2.21. The fraction of sp³-hybridized carbons (Fsp3) is 0.562. The van der Waals surface area contributed by atoms with Crippen LogP contribution in [0.5, 0.6) is 0 Å². The molecule has 11 heteroatoms. The monoisotopic (exact) mass is 401 g/mol. The van der Waals surface area contributed by atoms with Crippen LogP contribution in [-0.2, 0) is 9.47 Å². The summed E-state index contributed by atoms with van der Waals surface area (Å²) in [6.45, 7) is 5.17. The number of amides is 1. The third-order valence-electron chi connectivity index (χ3n) is 4.06. The van der Waals surface area contributed by atoms with E-state index in [0.717, 1.165) is 4.57 Å². The summed E-state index contributed by atoms with van der Waals surface area (Å²) in [6.07, 6.45) is -1.30. The van der Waals surface area contributed by atoms with Crippen LogP contribution in [0.15, 0.2) is 17.6 Å². The van der Waals surface area contributed by atoms with Gasteiger partial charge in [-0.15, -0.1) is 0 Å². The van der Waals surface area contributed by atoms with E-state index < -0.39 is 42.9 Å². The summed E-state index contributed by atoms with van der Waals surface area (Å²) < 4.78 is 11.3. The highest BCUT2D eigenvalue weighted by Gasteiger charge is 2.43. The number of thioether (sulfide) groups is 1. The number of aromatic nitrogens is 2. The predicted octanol–water partition coefficient (Wildman–Crippen LogP) is -0.202. The number of ether oxygens (including phenoxy) is 2. The fourth-order valence-corrected chi connectivity index (χ4v) is 2.62. The van der Waals surface area contributed by atoms with Gasteiger partial charge in [-0.3, -0.25) is 9.88 Å². The number of nitrogens with zero attached hydrogens (tertiary/aromatic N) is 2. The molecule has 1 saturated heterocycles. The summed E-state index contributed by atoms with van der Waals surface area (Å²) in [5.41, 5.74) is -0.551. The highest BCUT2D eigenvalue weighted by atomic mass is 32.2. The minimum Gasteiger partial charge on any atom is -0.448 e. The van der Waals surface area contributed by atoms with E-state index in [4.69, 9.17) is 14.6 Å². The number of nitrogens with one attached hydrogen (secondary N) is 1. The van der Waals surface area contributed by atoms with E-state index in [-0.39, 0.29) is 23.2 Å². The molecule has 0 radical (unpaired) electrons. The summed E-state index contributed by atoms with van der Waals surface area (Å²) in [5, 5.41) is 31.6. The number of aliphatic hydroxyl groups is 3. The van der Waals surface area contributed by atoms with Crippen molar-refractivity contribution in [2.75, 3.05) is 24.8 Å². The predicted molar refractivity (Wildman–Crippen MR) is 99.5 cm³/mol. The average Bonchev–Trinajstić information content (AvgIpc) is 2.94. The second-order valence-corrected chi connectivity index (χ2v) is 7.21. The van der Waals surface area contributed by atoms with E-state index >= 15 is 0 Å². The molecule has 0 aromatic carbocycles. The molecule has 150 valence electrons. The summed E-state index contributed by atoms with van der Waals surface area (Å²) in [7, 11) is 0. The lowest BCUT2D eigenvalue weighted by molar-refractivity contribution is -0.0549. The van der Waals surface area contributed by atoms with Crippen LogP contribution in [0.4, 0.5) is 10.6 Å². The summed E-state index contributed by atoms with van der Waals surface area (Å²) in [4.78, 5) is 28.0. The normalized spacial score (nSPS) is 25.8. The molecule has 1 aliphatic heterocycles. The number of carbonyl (C=O) groups excluding carboxylic acids is 1. The van der Waals surface area contributed by atoms with E-state index in [1.165, 1.54) is 24.0 Å². The van der Waals surface area contributed by atoms with Crippen molar-refractivity contribution in [2.24, 2.45) is 0 Å². The largest absolute Gasteiger partial charge is 0.448 e. The Bertz CT molecular complexity index is 741. The maximum absolute atomic E-state index is 12.3. The number of aliphatic hydroxyl groups excluding tert-OH is 3. The fourth-order valence-electron chi connectivity index (χ4n) is 2.42. The van der Waals surface area contributed by atoms with Crippen molar-refractivity contribution in [3.8, 4) is 0 Å². The Morgan fingerprint density at radius 3 is 2.81 bits per heavy atom. The summed E-state index contributed by atoms with van der Waals surface area (Å²) in [5.74, 6) is -0.0557. The Morgan fingerprint density at radius 1 is 1.56 bits per heavy atom. The second kappa shape index (κ2) is 9.33. The molecule has 0 saturated carbocycles. The maximum atomic E-state index is 12.3. The van der Waals surface area contributed by atoms with Gasteiger partial charge in [-0.05, 0) is 6.26 Å². The van der Waals surface area contributed by atoms with Gasteiger partial charge in [0.15, 0.2) is 6.23 Å². The van der Waals surface area contributed by atoms with Crippen LogP contribution < -0.4 is 11.0 Å². The van der Waals surface area contributed by atoms with Crippen LogP contribution >= 0.6 is 11.8 Å². The molecule has 4 N–H and O–H groups in total. The maximum Gasteiger partial charge on any atom is 0.412 e. The lowest BCUT2D eigenvalue weighted by atomic mass is 10.1. The lowest BCUT2D eigenvalue weighted by Crippen LogP contribution is -2.36. The molecular weight excluding hydrogens is 378 g/mol. The van der Waals surface area contributed by atoms with Crippen molar-refractivity contribution < 1.29 is 29.6 Å². The van der Waals surface area contributed by atoms with E-state index in [1.807, 2.05) is 13.2 Å². The minimum absolute atomic E-state index is 0.0557. The molecular formula is C16H23N3O7S. The van der Waals surface area contributed by atoms with Crippen molar-refractivity contribution in [1.82, 2.24) is 9.55 Å². The molecule has 5 atom stereocenters. The first-order chi connectivity index (χ1) is 12.8. The summed E-state index contributed by atoms with van der Waals surface area (Å²) >= 11 is 1.54. The Hall–Kier alpha value is -1.92. The first-order valence-corrected chi connectivity index (χ1v) is 9.45. The quantitative estimate of drug-likeness (QED) is 0.488. The molecule has 2 rings (SSSR count). The van der Waals surface area contributed by atoms with Gasteiger partial charge in [-0.25, -0.2) is 9.59 Å². The smallest absolute Gasteiger partial charge is 0.412 e. The Kier molecular flexibility index (Phi) is 7.39. The molecule has 1 aromatic heterocycles. The number of hydrogen-bond donors (Lipinski definition) is 4. The third-order valence-corrected chi connectivity index (χ3v) is 5.00. The molecule has 1 amide bonds. The van der Waals surface area contributed by atoms with Gasteiger partial charge in [-0.1, -0.05) is 19.6 Å². The average molecular weight is 401 g/mol. The van der Waals surface area contributed by atoms with E-state index in [2.05, 4.69) is 16.9 Å². The van der Waals surface area contributed by atoms with Crippen LogP contribution in [0.2, 0.25) is 0 Å².